The monoisotopic (exact) mass is 209 g/mol. The zero-order chi connectivity index (χ0) is 11.5. The molecule has 0 unspecified atom stereocenters. The lowest BCUT2D eigenvalue weighted by atomic mass is 10.0. The second-order valence-corrected chi connectivity index (χ2v) is 3.89. The highest BCUT2D eigenvalue weighted by Gasteiger charge is 2.00. The lowest BCUT2D eigenvalue weighted by molar-refractivity contribution is 1.35. The van der Waals surface area contributed by atoms with E-state index in [1.54, 1.807) is 0 Å². The third-order valence-corrected chi connectivity index (χ3v) is 2.74. The van der Waals surface area contributed by atoms with Crippen molar-refractivity contribution in [2.45, 2.75) is 6.92 Å². The van der Waals surface area contributed by atoms with E-state index in [-0.39, 0.29) is 0 Å². The normalized spacial score (nSPS) is 12.3. The molecule has 0 aliphatic heterocycles. The first-order valence-corrected chi connectivity index (χ1v) is 5.30. The highest BCUT2D eigenvalue weighted by atomic mass is 14.6. The van der Waals surface area contributed by atoms with Crippen molar-refractivity contribution in [2.24, 2.45) is 5.73 Å². The summed E-state index contributed by atoms with van der Waals surface area (Å²) in [4.78, 5) is 0. The lowest BCUT2D eigenvalue weighted by Crippen LogP contribution is -2.28. The van der Waals surface area contributed by atoms with Gasteiger partial charge in [0.15, 0.2) is 0 Å². The van der Waals surface area contributed by atoms with Crippen LogP contribution in [-0.4, -0.2) is 0 Å². The Labute approximate surface area is 95.5 Å². The van der Waals surface area contributed by atoms with Crippen LogP contribution in [0.3, 0.4) is 0 Å². The second kappa shape index (κ2) is 4.23. The minimum absolute atomic E-state index is 0.795. The van der Waals surface area contributed by atoms with E-state index >= 15 is 0 Å². The molecule has 0 spiro atoms. The summed E-state index contributed by atoms with van der Waals surface area (Å²) in [5.41, 5.74) is 9.26. The Hall–Kier alpha value is -2.02. The first-order chi connectivity index (χ1) is 7.70. The summed E-state index contributed by atoms with van der Waals surface area (Å²) in [6, 6.07) is 16.0. The molecule has 0 aromatic heterocycles. The molecule has 0 aliphatic carbocycles. The molecular formula is C15H15N. The molecule has 80 valence electrons. The Morgan fingerprint density at radius 3 is 2.31 bits per heavy atom. The van der Waals surface area contributed by atoms with Crippen LogP contribution >= 0.6 is 0 Å². The Morgan fingerprint density at radius 1 is 1.00 bits per heavy atom. The minimum atomic E-state index is 0.795. The SMILES string of the molecule is C=c1cccc/c1=C(\N)c1ccccc1C. The third kappa shape index (κ3) is 1.84. The predicted octanol–water partition coefficient (Wildman–Crippen LogP) is 1.52. The molecule has 0 heterocycles. The van der Waals surface area contributed by atoms with Gasteiger partial charge in [-0.1, -0.05) is 55.1 Å². The topological polar surface area (TPSA) is 26.0 Å². The second-order valence-electron chi connectivity index (χ2n) is 3.89. The first-order valence-electron chi connectivity index (χ1n) is 5.30. The highest BCUT2D eigenvalue weighted by Crippen LogP contribution is 2.11. The van der Waals surface area contributed by atoms with Crippen molar-refractivity contribution in [3.05, 3.63) is 70.1 Å². The van der Waals surface area contributed by atoms with E-state index in [1.165, 1.54) is 5.56 Å². The average Bonchev–Trinajstić information content (AvgIpc) is 2.29. The van der Waals surface area contributed by atoms with Gasteiger partial charge < -0.3 is 5.73 Å². The maximum Gasteiger partial charge on any atom is 0.0469 e. The van der Waals surface area contributed by atoms with Gasteiger partial charge in [-0.2, -0.15) is 0 Å². The van der Waals surface area contributed by atoms with E-state index < -0.39 is 0 Å². The Bertz CT molecular complexity index is 611. The molecule has 2 N–H and O–H groups in total. The van der Waals surface area contributed by atoms with Crippen molar-refractivity contribution in [3.63, 3.8) is 0 Å². The molecule has 0 amide bonds. The molecule has 0 aliphatic rings. The van der Waals surface area contributed by atoms with Gasteiger partial charge in [0.2, 0.25) is 0 Å². The minimum Gasteiger partial charge on any atom is -0.398 e. The van der Waals surface area contributed by atoms with Crippen LogP contribution in [0, 0.1) is 6.92 Å². The summed E-state index contributed by atoms with van der Waals surface area (Å²) in [7, 11) is 0. The molecule has 0 bridgehead atoms. The number of aryl methyl sites for hydroxylation is 1. The summed E-state index contributed by atoms with van der Waals surface area (Å²) in [6.45, 7) is 6.06. The fraction of sp³-hybridized carbons (Fsp3) is 0.0667. The highest BCUT2D eigenvalue weighted by molar-refractivity contribution is 5.65. The van der Waals surface area contributed by atoms with Crippen molar-refractivity contribution in [2.75, 3.05) is 0 Å². The zero-order valence-electron chi connectivity index (χ0n) is 9.40. The maximum atomic E-state index is 6.19. The predicted molar refractivity (Wildman–Crippen MR) is 69.1 cm³/mol. The molecule has 1 nitrogen and oxygen atoms in total. The van der Waals surface area contributed by atoms with Crippen molar-refractivity contribution < 1.29 is 0 Å². The van der Waals surface area contributed by atoms with Gasteiger partial charge in [0.1, 0.15) is 0 Å². The molecule has 2 rings (SSSR count). The zero-order valence-corrected chi connectivity index (χ0v) is 9.40. The van der Waals surface area contributed by atoms with E-state index in [4.69, 9.17) is 5.73 Å². The lowest BCUT2D eigenvalue weighted by Gasteiger charge is -2.05. The number of hydrogen-bond donors (Lipinski definition) is 1. The molecule has 2 aromatic rings. The standard InChI is InChI=1S/C15H15N/c1-11-7-3-5-9-13(11)15(16)14-10-6-4-8-12(14)2/h3-10H,1,16H2,2H3/b15-13+. The van der Waals surface area contributed by atoms with Crippen molar-refractivity contribution in [1.82, 2.24) is 0 Å². The largest absolute Gasteiger partial charge is 0.398 e. The van der Waals surface area contributed by atoms with Crippen LogP contribution in [0.1, 0.15) is 11.1 Å². The van der Waals surface area contributed by atoms with E-state index in [0.29, 0.717) is 0 Å². The van der Waals surface area contributed by atoms with E-state index in [0.717, 1.165) is 21.7 Å². The van der Waals surface area contributed by atoms with Crippen molar-refractivity contribution in [1.29, 1.82) is 0 Å². The molecule has 0 radical (unpaired) electrons. The third-order valence-electron chi connectivity index (χ3n) is 2.74. The van der Waals surface area contributed by atoms with Gasteiger partial charge in [-0.3, -0.25) is 0 Å². The van der Waals surface area contributed by atoms with Gasteiger partial charge in [0, 0.05) is 16.5 Å². The van der Waals surface area contributed by atoms with E-state index in [1.807, 2.05) is 42.5 Å². The molecule has 16 heavy (non-hydrogen) atoms. The number of hydrogen-bond acceptors (Lipinski definition) is 1. The number of rotatable bonds is 1. The summed E-state index contributed by atoms with van der Waals surface area (Å²) in [6.07, 6.45) is 0. The number of nitrogens with two attached hydrogens (primary N) is 1. The van der Waals surface area contributed by atoms with E-state index in [2.05, 4.69) is 19.6 Å². The smallest absolute Gasteiger partial charge is 0.0469 e. The quantitative estimate of drug-likeness (QED) is 0.757. The van der Waals surface area contributed by atoms with Crippen LogP contribution in [-0.2, 0) is 0 Å². The fourth-order valence-corrected chi connectivity index (χ4v) is 1.80. The van der Waals surface area contributed by atoms with Gasteiger partial charge >= 0.3 is 0 Å². The van der Waals surface area contributed by atoms with Crippen LogP contribution in [0.4, 0.5) is 0 Å². The summed E-state index contributed by atoms with van der Waals surface area (Å²) in [5, 5.41) is 1.97. The van der Waals surface area contributed by atoms with Crippen molar-refractivity contribution >= 4 is 12.3 Å². The maximum absolute atomic E-state index is 6.19. The molecule has 1 heteroatoms. The number of benzene rings is 2. The Morgan fingerprint density at radius 2 is 1.62 bits per heavy atom. The Balaban J connectivity index is 2.77. The molecule has 0 saturated carbocycles. The Kier molecular flexibility index (Phi) is 2.78. The molecule has 0 atom stereocenters. The summed E-state index contributed by atoms with van der Waals surface area (Å²) < 4.78 is 0. The molecule has 0 saturated heterocycles. The van der Waals surface area contributed by atoms with Crippen LogP contribution < -0.4 is 16.2 Å². The summed E-state index contributed by atoms with van der Waals surface area (Å²) in [5.74, 6) is 0. The summed E-state index contributed by atoms with van der Waals surface area (Å²) >= 11 is 0. The van der Waals surface area contributed by atoms with Gasteiger partial charge in [-0.25, -0.2) is 0 Å². The van der Waals surface area contributed by atoms with Crippen LogP contribution in [0.15, 0.2) is 48.5 Å². The van der Waals surface area contributed by atoms with Gasteiger partial charge in [-0.15, -0.1) is 0 Å². The van der Waals surface area contributed by atoms with Gasteiger partial charge in [0.25, 0.3) is 0 Å². The molecule has 2 aromatic carbocycles. The average molecular weight is 209 g/mol. The van der Waals surface area contributed by atoms with Crippen LogP contribution in [0.2, 0.25) is 0 Å². The van der Waals surface area contributed by atoms with Gasteiger partial charge in [-0.05, 0) is 17.7 Å². The van der Waals surface area contributed by atoms with Crippen molar-refractivity contribution in [3.8, 4) is 0 Å². The molecular weight excluding hydrogens is 194 g/mol. The molecule has 0 fully saturated rings. The first kappa shape index (κ1) is 10.5. The van der Waals surface area contributed by atoms with E-state index in [9.17, 15) is 0 Å². The van der Waals surface area contributed by atoms with Crippen LogP contribution in [0.5, 0.6) is 0 Å². The van der Waals surface area contributed by atoms with Crippen LogP contribution in [0.25, 0.3) is 12.3 Å². The fourth-order valence-electron chi connectivity index (χ4n) is 1.80. The van der Waals surface area contributed by atoms with Gasteiger partial charge in [0.05, 0.1) is 0 Å².